The molecule has 0 saturated heterocycles. The molecule has 0 radical (unpaired) electrons. The summed E-state index contributed by atoms with van der Waals surface area (Å²) in [5.41, 5.74) is 1.13. The minimum Gasteiger partial charge on any atom is -0.496 e. The van der Waals surface area contributed by atoms with Crippen LogP contribution in [0.2, 0.25) is 0 Å². The molecule has 0 amide bonds. The summed E-state index contributed by atoms with van der Waals surface area (Å²) in [4.78, 5) is 0. The Bertz CT molecular complexity index is 299. The monoisotopic (exact) mass is 258 g/mol. The van der Waals surface area contributed by atoms with E-state index in [1.54, 1.807) is 7.11 Å². The zero-order valence-electron chi connectivity index (χ0n) is 8.46. The van der Waals surface area contributed by atoms with Crippen molar-refractivity contribution in [1.82, 2.24) is 0 Å². The molecule has 78 valence electrons. The molecule has 0 bridgehead atoms. The summed E-state index contributed by atoms with van der Waals surface area (Å²) in [7, 11) is 1.66. The molecule has 3 heteroatoms. The number of hydrogen-bond donors (Lipinski definition) is 1. The van der Waals surface area contributed by atoms with Crippen LogP contribution < -0.4 is 4.74 Å². The fraction of sp³-hybridized carbons (Fsp3) is 0.455. The van der Waals surface area contributed by atoms with E-state index in [2.05, 4.69) is 15.9 Å². The molecule has 1 unspecified atom stereocenters. The van der Waals surface area contributed by atoms with Crippen LogP contribution in [0.25, 0.3) is 0 Å². The molecule has 1 aromatic rings. The number of benzene rings is 1. The number of methoxy groups -OCH3 is 1. The van der Waals surface area contributed by atoms with Gasteiger partial charge in [0, 0.05) is 11.1 Å². The molecular formula is C11H15BrO2. The Labute approximate surface area is 93.0 Å². The van der Waals surface area contributed by atoms with E-state index in [-0.39, 0.29) is 12.5 Å². The summed E-state index contributed by atoms with van der Waals surface area (Å²) in [6.45, 7) is 2.22. The van der Waals surface area contributed by atoms with Gasteiger partial charge in [0.2, 0.25) is 0 Å². The molecule has 1 aromatic carbocycles. The van der Waals surface area contributed by atoms with Crippen LogP contribution in [0, 0.1) is 5.92 Å². The molecule has 0 aromatic heterocycles. The van der Waals surface area contributed by atoms with Crippen molar-refractivity contribution in [1.29, 1.82) is 0 Å². The Kier molecular flexibility index (Phi) is 4.42. The molecule has 1 N–H and O–H groups in total. The molecule has 1 rings (SSSR count). The average molecular weight is 259 g/mol. The van der Waals surface area contributed by atoms with Crippen LogP contribution in [0.15, 0.2) is 22.7 Å². The summed E-state index contributed by atoms with van der Waals surface area (Å²) in [5, 5.41) is 8.98. The Balaban J connectivity index is 2.87. The van der Waals surface area contributed by atoms with Gasteiger partial charge in [0.1, 0.15) is 5.75 Å². The Morgan fingerprint density at radius 3 is 2.79 bits per heavy atom. The fourth-order valence-electron chi connectivity index (χ4n) is 1.35. The first-order valence-corrected chi connectivity index (χ1v) is 5.40. The second kappa shape index (κ2) is 5.37. The normalized spacial score (nSPS) is 12.6. The SMILES string of the molecule is COc1ccc(Br)cc1CC(C)CO. The molecule has 0 aliphatic heterocycles. The van der Waals surface area contributed by atoms with Gasteiger partial charge in [-0.2, -0.15) is 0 Å². The number of ether oxygens (including phenoxy) is 1. The minimum atomic E-state index is 0.204. The van der Waals surface area contributed by atoms with E-state index in [0.29, 0.717) is 0 Å². The molecule has 0 spiro atoms. The van der Waals surface area contributed by atoms with E-state index in [1.165, 1.54) is 0 Å². The van der Waals surface area contributed by atoms with Gasteiger partial charge in [0.15, 0.2) is 0 Å². The number of aliphatic hydroxyl groups is 1. The average Bonchev–Trinajstić information content (AvgIpc) is 2.18. The predicted molar refractivity (Wildman–Crippen MR) is 60.6 cm³/mol. The topological polar surface area (TPSA) is 29.5 Å². The van der Waals surface area contributed by atoms with E-state index >= 15 is 0 Å². The number of rotatable bonds is 4. The van der Waals surface area contributed by atoms with E-state index in [4.69, 9.17) is 9.84 Å². The lowest BCUT2D eigenvalue weighted by molar-refractivity contribution is 0.236. The van der Waals surface area contributed by atoms with Crippen molar-refractivity contribution in [3.05, 3.63) is 28.2 Å². The van der Waals surface area contributed by atoms with Gasteiger partial charge in [-0.1, -0.05) is 22.9 Å². The summed E-state index contributed by atoms with van der Waals surface area (Å²) in [6, 6.07) is 5.92. The second-order valence-electron chi connectivity index (χ2n) is 3.45. The highest BCUT2D eigenvalue weighted by molar-refractivity contribution is 9.10. The summed E-state index contributed by atoms with van der Waals surface area (Å²) in [5.74, 6) is 1.15. The first kappa shape index (κ1) is 11.5. The van der Waals surface area contributed by atoms with Crippen LogP contribution in [0.4, 0.5) is 0 Å². The van der Waals surface area contributed by atoms with Gasteiger partial charge >= 0.3 is 0 Å². The second-order valence-corrected chi connectivity index (χ2v) is 4.36. The predicted octanol–water partition coefficient (Wildman–Crippen LogP) is 2.63. The van der Waals surface area contributed by atoms with Gasteiger partial charge in [-0.15, -0.1) is 0 Å². The number of aliphatic hydroxyl groups excluding tert-OH is 1. The van der Waals surface area contributed by atoms with Crippen molar-refractivity contribution in [3.63, 3.8) is 0 Å². The number of hydrogen-bond acceptors (Lipinski definition) is 2. The molecule has 2 nitrogen and oxygen atoms in total. The van der Waals surface area contributed by atoms with Gasteiger partial charge in [-0.25, -0.2) is 0 Å². The lowest BCUT2D eigenvalue weighted by Gasteiger charge is -2.12. The number of halogens is 1. The maximum Gasteiger partial charge on any atom is 0.122 e. The summed E-state index contributed by atoms with van der Waals surface area (Å²) < 4.78 is 6.28. The molecule has 0 heterocycles. The van der Waals surface area contributed by atoms with E-state index < -0.39 is 0 Å². The zero-order chi connectivity index (χ0) is 10.6. The van der Waals surface area contributed by atoms with Crippen molar-refractivity contribution >= 4 is 15.9 Å². The lowest BCUT2D eigenvalue weighted by Crippen LogP contribution is -2.05. The van der Waals surface area contributed by atoms with Crippen LogP contribution in [0.1, 0.15) is 12.5 Å². The van der Waals surface area contributed by atoms with Crippen LogP contribution in [-0.4, -0.2) is 18.8 Å². The van der Waals surface area contributed by atoms with Gasteiger partial charge in [0.25, 0.3) is 0 Å². The van der Waals surface area contributed by atoms with Crippen LogP contribution in [-0.2, 0) is 6.42 Å². The van der Waals surface area contributed by atoms with Gasteiger partial charge in [-0.3, -0.25) is 0 Å². The Hall–Kier alpha value is -0.540. The highest BCUT2D eigenvalue weighted by Gasteiger charge is 2.07. The van der Waals surface area contributed by atoms with Crippen molar-refractivity contribution in [3.8, 4) is 5.75 Å². The molecule has 0 aliphatic carbocycles. The highest BCUT2D eigenvalue weighted by Crippen LogP contribution is 2.25. The van der Waals surface area contributed by atoms with Crippen LogP contribution in [0.5, 0.6) is 5.75 Å². The lowest BCUT2D eigenvalue weighted by atomic mass is 10.0. The smallest absolute Gasteiger partial charge is 0.122 e. The molecule has 1 atom stereocenters. The van der Waals surface area contributed by atoms with Crippen LogP contribution in [0.3, 0.4) is 0 Å². The highest BCUT2D eigenvalue weighted by atomic mass is 79.9. The van der Waals surface area contributed by atoms with E-state index in [0.717, 1.165) is 22.2 Å². The maximum absolute atomic E-state index is 8.98. The van der Waals surface area contributed by atoms with Crippen molar-refractivity contribution in [2.24, 2.45) is 5.92 Å². The molecule has 14 heavy (non-hydrogen) atoms. The Morgan fingerprint density at radius 2 is 2.21 bits per heavy atom. The first-order chi connectivity index (χ1) is 6.67. The third kappa shape index (κ3) is 3.00. The third-order valence-corrected chi connectivity index (χ3v) is 2.62. The zero-order valence-corrected chi connectivity index (χ0v) is 10.0. The molecular weight excluding hydrogens is 244 g/mol. The summed E-state index contributed by atoms with van der Waals surface area (Å²) >= 11 is 3.42. The molecule has 0 aliphatic rings. The largest absolute Gasteiger partial charge is 0.496 e. The maximum atomic E-state index is 8.98. The van der Waals surface area contributed by atoms with Crippen molar-refractivity contribution < 1.29 is 9.84 Å². The van der Waals surface area contributed by atoms with E-state index in [9.17, 15) is 0 Å². The quantitative estimate of drug-likeness (QED) is 0.900. The fourth-order valence-corrected chi connectivity index (χ4v) is 1.76. The van der Waals surface area contributed by atoms with Crippen LogP contribution >= 0.6 is 15.9 Å². The van der Waals surface area contributed by atoms with Gasteiger partial charge in [0.05, 0.1) is 7.11 Å². The molecule has 0 saturated carbocycles. The van der Waals surface area contributed by atoms with Crippen molar-refractivity contribution in [2.75, 3.05) is 13.7 Å². The minimum absolute atomic E-state index is 0.204. The third-order valence-electron chi connectivity index (χ3n) is 2.12. The van der Waals surface area contributed by atoms with Gasteiger partial charge in [-0.05, 0) is 36.1 Å². The standard InChI is InChI=1S/C11H15BrO2/c1-8(7-13)5-9-6-10(12)3-4-11(9)14-2/h3-4,6,8,13H,5,7H2,1-2H3. The molecule has 0 fully saturated rings. The van der Waals surface area contributed by atoms with Gasteiger partial charge < -0.3 is 9.84 Å². The first-order valence-electron chi connectivity index (χ1n) is 4.60. The van der Waals surface area contributed by atoms with E-state index in [1.807, 2.05) is 25.1 Å². The summed E-state index contributed by atoms with van der Waals surface area (Å²) in [6.07, 6.45) is 0.832. The van der Waals surface area contributed by atoms with Crippen molar-refractivity contribution in [2.45, 2.75) is 13.3 Å². The Morgan fingerprint density at radius 1 is 1.50 bits per heavy atom.